The average molecular weight is 135 g/mol. The Balaban J connectivity index is 3.15. The fraction of sp³-hybridized carbons (Fsp3) is 1.00. The molecule has 0 saturated heterocycles. The lowest BCUT2D eigenvalue weighted by Crippen LogP contribution is -2.28. The van der Waals surface area contributed by atoms with Crippen molar-refractivity contribution in [3.05, 3.63) is 0 Å². The van der Waals surface area contributed by atoms with Crippen molar-refractivity contribution < 1.29 is 8.91 Å². The predicted octanol–water partition coefficient (Wildman–Crippen LogP) is 0.267. The van der Waals surface area contributed by atoms with E-state index in [1.807, 2.05) is 6.55 Å². The first-order valence-corrected chi connectivity index (χ1v) is 7.21. The summed E-state index contributed by atoms with van der Waals surface area (Å²) in [5.41, 5.74) is 0. The SMILES string of the molecule is C[SiH2]O[Si](C)(C)[O]. The van der Waals surface area contributed by atoms with Gasteiger partial charge in [0.05, 0.1) is 0 Å². The van der Waals surface area contributed by atoms with Crippen molar-refractivity contribution in [3.63, 3.8) is 0 Å². The lowest BCUT2D eigenvalue weighted by Gasteiger charge is -2.09. The number of rotatable bonds is 2. The lowest BCUT2D eigenvalue weighted by atomic mass is 11.9. The molecule has 4 heteroatoms. The Bertz CT molecular complexity index is 49.4. The van der Waals surface area contributed by atoms with Crippen LogP contribution in [0.1, 0.15) is 0 Å². The average Bonchev–Trinajstić information content (AvgIpc) is 1.30. The molecule has 0 fully saturated rings. The van der Waals surface area contributed by atoms with Crippen LogP contribution in [0, 0.1) is 0 Å². The Labute approximate surface area is 47.7 Å². The standard InChI is InChI=1S/C3H11O2Si2/c1-6-5-7(2,3)4/h6H2,1-3H3. The van der Waals surface area contributed by atoms with Gasteiger partial charge in [-0.2, -0.15) is 0 Å². The van der Waals surface area contributed by atoms with Gasteiger partial charge in [0.2, 0.25) is 0 Å². The highest BCUT2D eigenvalue weighted by molar-refractivity contribution is 6.67. The zero-order valence-corrected chi connectivity index (χ0v) is 7.44. The van der Waals surface area contributed by atoms with Crippen molar-refractivity contribution in [2.24, 2.45) is 0 Å². The normalized spacial score (nSPS) is 13.7. The molecule has 2 nitrogen and oxygen atoms in total. The topological polar surface area (TPSA) is 29.1 Å². The van der Waals surface area contributed by atoms with Crippen molar-refractivity contribution in [1.82, 2.24) is 0 Å². The smallest absolute Gasteiger partial charge is 0.357 e. The van der Waals surface area contributed by atoms with Gasteiger partial charge in [-0.1, -0.05) is 6.55 Å². The van der Waals surface area contributed by atoms with E-state index in [1.54, 1.807) is 13.1 Å². The molecule has 0 aliphatic rings. The molecule has 0 unspecified atom stereocenters. The van der Waals surface area contributed by atoms with Crippen LogP contribution in [0.5, 0.6) is 0 Å². The van der Waals surface area contributed by atoms with Crippen molar-refractivity contribution in [1.29, 1.82) is 0 Å². The number of hydrogen-bond donors (Lipinski definition) is 0. The van der Waals surface area contributed by atoms with Gasteiger partial charge in [0.1, 0.15) is 9.76 Å². The van der Waals surface area contributed by atoms with E-state index in [4.69, 9.17) is 4.12 Å². The molecule has 0 aliphatic heterocycles. The summed E-state index contributed by atoms with van der Waals surface area (Å²) in [6.07, 6.45) is 0. The van der Waals surface area contributed by atoms with E-state index in [0.29, 0.717) is 0 Å². The second-order valence-corrected chi connectivity index (χ2v) is 6.36. The Morgan fingerprint density at radius 3 is 2.00 bits per heavy atom. The molecular formula is C3H11O2Si2. The highest BCUT2D eigenvalue weighted by atomic mass is 28.4. The van der Waals surface area contributed by atoms with Crippen LogP contribution in [0.25, 0.3) is 0 Å². The van der Waals surface area contributed by atoms with Crippen molar-refractivity contribution in [3.8, 4) is 0 Å². The summed E-state index contributed by atoms with van der Waals surface area (Å²) in [7, 11) is -2.79. The molecule has 0 heterocycles. The fourth-order valence-corrected chi connectivity index (χ4v) is 3.13. The van der Waals surface area contributed by atoms with Crippen LogP contribution in [0.4, 0.5) is 0 Å². The van der Waals surface area contributed by atoms with Gasteiger partial charge in [-0.25, -0.2) is 0 Å². The quantitative estimate of drug-likeness (QED) is 0.500. The van der Waals surface area contributed by atoms with E-state index in [-0.39, 0.29) is 0 Å². The maximum atomic E-state index is 10.7. The van der Waals surface area contributed by atoms with Gasteiger partial charge in [-0.3, -0.25) is 4.80 Å². The second-order valence-electron chi connectivity index (χ2n) is 1.83. The monoisotopic (exact) mass is 135 g/mol. The molecule has 7 heavy (non-hydrogen) atoms. The summed E-state index contributed by atoms with van der Waals surface area (Å²) in [5.74, 6) is 0. The summed E-state index contributed by atoms with van der Waals surface area (Å²) in [6, 6.07) is 0. The summed E-state index contributed by atoms with van der Waals surface area (Å²) < 4.78 is 4.95. The number of hydrogen-bond acceptors (Lipinski definition) is 1. The Morgan fingerprint density at radius 1 is 1.57 bits per heavy atom. The highest BCUT2D eigenvalue weighted by Crippen LogP contribution is 1.95. The van der Waals surface area contributed by atoms with Gasteiger partial charge in [0.15, 0.2) is 0 Å². The van der Waals surface area contributed by atoms with Gasteiger partial charge < -0.3 is 4.12 Å². The van der Waals surface area contributed by atoms with E-state index in [0.717, 1.165) is 0 Å². The van der Waals surface area contributed by atoms with Crippen LogP contribution in [0.2, 0.25) is 19.6 Å². The van der Waals surface area contributed by atoms with Gasteiger partial charge in [0, 0.05) is 0 Å². The Morgan fingerprint density at radius 2 is 2.00 bits per heavy atom. The fourth-order valence-electron chi connectivity index (χ4n) is 0.348. The van der Waals surface area contributed by atoms with E-state index in [9.17, 15) is 4.80 Å². The first kappa shape index (κ1) is 7.35. The molecule has 0 rings (SSSR count). The lowest BCUT2D eigenvalue weighted by molar-refractivity contribution is 0.329. The Kier molecular flexibility index (Phi) is 2.74. The summed E-state index contributed by atoms with van der Waals surface area (Å²) in [6.45, 7) is 5.32. The van der Waals surface area contributed by atoms with Crippen LogP contribution in [-0.4, -0.2) is 18.3 Å². The largest absolute Gasteiger partial charge is 0.440 e. The zero-order valence-electron chi connectivity index (χ0n) is 5.02. The van der Waals surface area contributed by atoms with Gasteiger partial charge in [-0.05, 0) is 13.1 Å². The summed E-state index contributed by atoms with van der Waals surface area (Å²) in [4.78, 5) is 10.7. The van der Waals surface area contributed by atoms with Gasteiger partial charge in [-0.15, -0.1) is 0 Å². The minimum absolute atomic E-state index is 0.441. The highest BCUT2D eigenvalue weighted by Gasteiger charge is 2.18. The van der Waals surface area contributed by atoms with Gasteiger partial charge >= 0.3 is 8.56 Å². The Hall–Kier alpha value is 0.354. The predicted molar refractivity (Wildman–Crippen MR) is 33.7 cm³/mol. The molecular weight excluding hydrogens is 124 g/mol. The van der Waals surface area contributed by atoms with Crippen molar-refractivity contribution >= 4 is 18.3 Å². The van der Waals surface area contributed by atoms with Crippen LogP contribution >= 0.6 is 0 Å². The third kappa shape index (κ3) is 6.35. The second kappa shape index (κ2) is 2.61. The minimum atomic E-state index is -2.35. The molecule has 0 aromatic rings. The maximum Gasteiger partial charge on any atom is 0.357 e. The summed E-state index contributed by atoms with van der Waals surface area (Å²) >= 11 is 0. The summed E-state index contributed by atoms with van der Waals surface area (Å²) in [5, 5.41) is 0. The molecule has 0 aromatic carbocycles. The maximum absolute atomic E-state index is 10.7. The molecule has 0 bridgehead atoms. The zero-order chi connectivity index (χ0) is 5.91. The first-order chi connectivity index (χ1) is 3.06. The third-order valence-corrected chi connectivity index (χ3v) is 4.43. The molecule has 0 spiro atoms. The van der Waals surface area contributed by atoms with Crippen LogP contribution in [0.3, 0.4) is 0 Å². The molecule has 0 amide bonds. The van der Waals surface area contributed by atoms with Crippen LogP contribution in [0.15, 0.2) is 0 Å². The van der Waals surface area contributed by atoms with Crippen LogP contribution in [-0.2, 0) is 8.91 Å². The molecule has 0 saturated carbocycles. The molecule has 0 aromatic heterocycles. The van der Waals surface area contributed by atoms with E-state index in [2.05, 4.69) is 0 Å². The van der Waals surface area contributed by atoms with Crippen LogP contribution < -0.4 is 0 Å². The first-order valence-electron chi connectivity index (χ1n) is 2.40. The molecule has 0 aliphatic carbocycles. The van der Waals surface area contributed by atoms with E-state index >= 15 is 0 Å². The van der Waals surface area contributed by atoms with E-state index < -0.39 is 18.3 Å². The van der Waals surface area contributed by atoms with Gasteiger partial charge in [0.25, 0.3) is 0 Å². The molecule has 0 N–H and O–H groups in total. The molecule has 0 atom stereocenters. The van der Waals surface area contributed by atoms with Crippen molar-refractivity contribution in [2.45, 2.75) is 19.6 Å². The van der Waals surface area contributed by atoms with E-state index in [1.165, 1.54) is 0 Å². The third-order valence-electron chi connectivity index (χ3n) is 0.492. The molecule has 1 radical (unpaired) electrons. The van der Waals surface area contributed by atoms with Crippen molar-refractivity contribution in [2.75, 3.05) is 0 Å². The minimum Gasteiger partial charge on any atom is -0.440 e. The molecule has 43 valence electrons.